The van der Waals surface area contributed by atoms with Crippen molar-refractivity contribution in [2.45, 2.75) is 24.3 Å². The number of hydrogen-bond donors (Lipinski definition) is 1. The average Bonchev–Trinajstić information content (AvgIpc) is 2.99. The van der Waals surface area contributed by atoms with Crippen LogP contribution in [0.2, 0.25) is 0 Å². The molecule has 0 unspecified atom stereocenters. The van der Waals surface area contributed by atoms with Gasteiger partial charge in [-0.3, -0.25) is 0 Å². The van der Waals surface area contributed by atoms with E-state index in [1.54, 1.807) is 18.0 Å². The van der Waals surface area contributed by atoms with Gasteiger partial charge in [0.05, 0.1) is 17.6 Å². The first kappa shape index (κ1) is 14.5. The van der Waals surface area contributed by atoms with Crippen molar-refractivity contribution in [3.8, 4) is 6.07 Å². The summed E-state index contributed by atoms with van der Waals surface area (Å²) in [6.45, 7) is 1.86. The molecule has 1 aromatic carbocycles. The van der Waals surface area contributed by atoms with Crippen LogP contribution in [0.1, 0.15) is 18.4 Å². The Labute approximate surface area is 123 Å². The largest absolute Gasteiger partial charge is 0.384 e. The van der Waals surface area contributed by atoms with Crippen molar-refractivity contribution in [3.63, 3.8) is 0 Å². The van der Waals surface area contributed by atoms with E-state index < -0.39 is 0 Å². The van der Waals surface area contributed by atoms with Crippen LogP contribution in [0.3, 0.4) is 0 Å². The number of nitriles is 1. The normalized spacial score (nSPS) is 10.2. The molecule has 0 saturated carbocycles. The van der Waals surface area contributed by atoms with Crippen molar-refractivity contribution in [2.24, 2.45) is 0 Å². The minimum absolute atomic E-state index is 0.745. The van der Waals surface area contributed by atoms with Crippen molar-refractivity contribution < 1.29 is 0 Å². The van der Waals surface area contributed by atoms with Crippen molar-refractivity contribution >= 4 is 17.4 Å². The second-order valence-electron chi connectivity index (χ2n) is 4.43. The van der Waals surface area contributed by atoms with Gasteiger partial charge in [-0.25, -0.2) is 4.98 Å². The van der Waals surface area contributed by atoms with Gasteiger partial charge < -0.3 is 9.88 Å². The lowest BCUT2D eigenvalue weighted by Crippen LogP contribution is -2.05. The zero-order valence-corrected chi connectivity index (χ0v) is 12.4. The number of aromatic nitrogens is 2. The minimum Gasteiger partial charge on any atom is -0.384 e. The molecule has 0 aliphatic heterocycles. The van der Waals surface area contributed by atoms with Gasteiger partial charge in [0, 0.05) is 30.4 Å². The fraction of sp³-hybridized carbons (Fsp3) is 0.333. The number of aryl methyl sites for hydroxylation is 1. The number of benzene rings is 1. The fourth-order valence-electron chi connectivity index (χ4n) is 2.03. The van der Waals surface area contributed by atoms with Crippen LogP contribution in [0, 0.1) is 11.3 Å². The summed E-state index contributed by atoms with van der Waals surface area (Å²) in [6.07, 6.45) is 9.75. The summed E-state index contributed by atoms with van der Waals surface area (Å²) in [5, 5.41) is 12.6. The highest BCUT2D eigenvalue weighted by Crippen LogP contribution is 2.26. The quantitative estimate of drug-likeness (QED) is 0.626. The molecule has 5 heteroatoms. The highest BCUT2D eigenvalue weighted by molar-refractivity contribution is 7.98. The summed E-state index contributed by atoms with van der Waals surface area (Å²) in [4.78, 5) is 5.04. The van der Waals surface area contributed by atoms with Gasteiger partial charge in [0.25, 0.3) is 0 Å². The number of unbranched alkanes of at least 4 members (excludes halogenated alkanes) is 1. The summed E-state index contributed by atoms with van der Waals surface area (Å²) in [6, 6.07) is 8.22. The summed E-state index contributed by atoms with van der Waals surface area (Å²) in [7, 11) is 0. The minimum atomic E-state index is 0.745. The molecule has 104 valence electrons. The molecule has 0 aliphatic carbocycles. The standard InChI is InChI=1S/C15H18N4S/c1-20-15-6-4-5-14(13(15)11-16)18-7-2-3-9-19-10-8-17-12-19/h4-6,8,10,12,18H,2-3,7,9H2,1H3. The zero-order chi connectivity index (χ0) is 14.2. The van der Waals surface area contributed by atoms with Gasteiger partial charge in [-0.2, -0.15) is 5.26 Å². The van der Waals surface area contributed by atoms with E-state index in [2.05, 4.69) is 20.9 Å². The number of nitrogens with one attached hydrogen (secondary N) is 1. The first-order valence-corrected chi connectivity index (χ1v) is 7.84. The molecule has 0 amide bonds. The van der Waals surface area contributed by atoms with E-state index in [0.29, 0.717) is 0 Å². The molecule has 1 N–H and O–H groups in total. The Bertz CT molecular complexity index is 572. The Morgan fingerprint density at radius 2 is 2.30 bits per heavy atom. The molecule has 2 aromatic rings. The maximum absolute atomic E-state index is 9.24. The summed E-state index contributed by atoms with van der Waals surface area (Å²) < 4.78 is 2.08. The molecule has 0 fully saturated rings. The van der Waals surface area contributed by atoms with Crippen LogP contribution in [0.15, 0.2) is 41.8 Å². The molecule has 0 radical (unpaired) electrons. The SMILES string of the molecule is CSc1cccc(NCCCCn2ccnc2)c1C#N. The van der Waals surface area contributed by atoms with E-state index >= 15 is 0 Å². The van der Waals surface area contributed by atoms with E-state index in [4.69, 9.17) is 0 Å². The van der Waals surface area contributed by atoms with Crippen LogP contribution in [0.4, 0.5) is 5.69 Å². The van der Waals surface area contributed by atoms with E-state index in [-0.39, 0.29) is 0 Å². The molecule has 4 nitrogen and oxygen atoms in total. The number of rotatable bonds is 7. The van der Waals surface area contributed by atoms with Crippen LogP contribution in [0.5, 0.6) is 0 Å². The Morgan fingerprint density at radius 3 is 3.00 bits per heavy atom. The molecule has 0 atom stereocenters. The fourth-order valence-corrected chi connectivity index (χ4v) is 2.60. The third kappa shape index (κ3) is 3.78. The van der Waals surface area contributed by atoms with E-state index in [1.165, 1.54) is 0 Å². The third-order valence-electron chi connectivity index (χ3n) is 3.08. The second kappa shape index (κ2) is 7.61. The summed E-state index contributed by atoms with van der Waals surface area (Å²) >= 11 is 1.60. The maximum atomic E-state index is 9.24. The van der Waals surface area contributed by atoms with Gasteiger partial charge >= 0.3 is 0 Å². The lowest BCUT2D eigenvalue weighted by atomic mass is 10.2. The Kier molecular flexibility index (Phi) is 5.51. The van der Waals surface area contributed by atoms with Crippen molar-refractivity contribution in [3.05, 3.63) is 42.5 Å². The number of hydrogen-bond acceptors (Lipinski definition) is 4. The average molecular weight is 286 g/mol. The smallest absolute Gasteiger partial charge is 0.102 e. The molecule has 2 rings (SSSR count). The van der Waals surface area contributed by atoms with Gasteiger partial charge in [0.15, 0.2) is 0 Å². The molecular weight excluding hydrogens is 268 g/mol. The number of nitrogens with zero attached hydrogens (tertiary/aromatic N) is 3. The third-order valence-corrected chi connectivity index (χ3v) is 3.86. The van der Waals surface area contributed by atoms with E-state index in [9.17, 15) is 5.26 Å². The van der Waals surface area contributed by atoms with Crippen molar-refractivity contribution in [1.29, 1.82) is 5.26 Å². The highest BCUT2D eigenvalue weighted by Gasteiger charge is 2.06. The van der Waals surface area contributed by atoms with E-state index in [1.807, 2.05) is 37.0 Å². The molecule has 0 bridgehead atoms. The lowest BCUT2D eigenvalue weighted by Gasteiger charge is -2.10. The second-order valence-corrected chi connectivity index (χ2v) is 5.28. The van der Waals surface area contributed by atoms with Gasteiger partial charge in [0.1, 0.15) is 6.07 Å². The monoisotopic (exact) mass is 286 g/mol. The molecule has 20 heavy (non-hydrogen) atoms. The Morgan fingerprint density at radius 1 is 1.40 bits per heavy atom. The van der Waals surface area contributed by atoms with E-state index in [0.717, 1.165) is 42.1 Å². The predicted octanol–water partition coefficient (Wildman–Crippen LogP) is 3.37. The van der Waals surface area contributed by atoms with Gasteiger partial charge in [-0.1, -0.05) is 6.07 Å². The molecule has 1 aromatic heterocycles. The van der Waals surface area contributed by atoms with Gasteiger partial charge in [0.2, 0.25) is 0 Å². The Balaban J connectivity index is 1.81. The zero-order valence-electron chi connectivity index (χ0n) is 11.5. The number of imidazole rings is 1. The van der Waals surface area contributed by atoms with Gasteiger partial charge in [-0.15, -0.1) is 11.8 Å². The lowest BCUT2D eigenvalue weighted by molar-refractivity contribution is 0.621. The van der Waals surface area contributed by atoms with Crippen molar-refractivity contribution in [1.82, 2.24) is 9.55 Å². The molecule has 0 saturated heterocycles. The summed E-state index contributed by atoms with van der Waals surface area (Å²) in [5.74, 6) is 0. The van der Waals surface area contributed by atoms with Crippen LogP contribution in [-0.4, -0.2) is 22.4 Å². The molecule has 0 spiro atoms. The first-order chi connectivity index (χ1) is 9.85. The van der Waals surface area contributed by atoms with Crippen LogP contribution >= 0.6 is 11.8 Å². The van der Waals surface area contributed by atoms with Gasteiger partial charge in [-0.05, 0) is 31.2 Å². The number of anilines is 1. The maximum Gasteiger partial charge on any atom is 0.102 e. The Hall–Kier alpha value is -1.93. The first-order valence-electron chi connectivity index (χ1n) is 6.62. The molecule has 1 heterocycles. The highest BCUT2D eigenvalue weighted by atomic mass is 32.2. The van der Waals surface area contributed by atoms with Crippen LogP contribution < -0.4 is 5.32 Å². The topological polar surface area (TPSA) is 53.6 Å². The van der Waals surface area contributed by atoms with Crippen molar-refractivity contribution in [2.75, 3.05) is 18.1 Å². The van der Waals surface area contributed by atoms with Crippen LogP contribution in [-0.2, 0) is 6.54 Å². The van der Waals surface area contributed by atoms with Crippen LogP contribution in [0.25, 0.3) is 0 Å². The molecular formula is C15H18N4S. The number of thioether (sulfide) groups is 1. The molecule has 0 aliphatic rings. The predicted molar refractivity (Wildman–Crippen MR) is 82.9 cm³/mol. The summed E-state index contributed by atoms with van der Waals surface area (Å²) in [5.41, 5.74) is 1.68.